The number of nitrogens with one attached hydrogen (secondary N) is 1. The molecule has 0 radical (unpaired) electrons. The van der Waals surface area contributed by atoms with Gasteiger partial charge in [-0.2, -0.15) is 0 Å². The Hall–Kier alpha value is -1.94. The summed E-state index contributed by atoms with van der Waals surface area (Å²) in [7, 11) is 1.34. The number of carbonyl (C=O) groups excluding carboxylic acids is 2. The average molecular weight is 410 g/mol. The summed E-state index contributed by atoms with van der Waals surface area (Å²) in [5, 5.41) is 14.2. The number of aryl methyl sites for hydroxylation is 1. The Morgan fingerprint density at radius 1 is 1.33 bits per heavy atom. The molecule has 1 saturated carbocycles. The van der Waals surface area contributed by atoms with Gasteiger partial charge in [-0.25, -0.2) is 4.98 Å². The van der Waals surface area contributed by atoms with Gasteiger partial charge < -0.3 is 14.6 Å². The van der Waals surface area contributed by atoms with Crippen molar-refractivity contribution in [3.63, 3.8) is 0 Å². The largest absolute Gasteiger partial charge is 0.469 e. The van der Waals surface area contributed by atoms with Gasteiger partial charge in [0.25, 0.3) is 0 Å². The third-order valence-electron chi connectivity index (χ3n) is 4.46. The number of ether oxygens (including phenoxy) is 1. The van der Waals surface area contributed by atoms with Crippen molar-refractivity contribution >= 4 is 40.1 Å². The molecule has 1 amide bonds. The van der Waals surface area contributed by atoms with Gasteiger partial charge in [0.05, 0.1) is 25.0 Å². The molecule has 0 aliphatic heterocycles. The maximum absolute atomic E-state index is 12.3. The standard InChI is InChI=1S/C17H23N5O3S2/c1-11-20-21-17(22(11)13-6-4-3-5-7-13)27-10-14(23)19-16-18-12(9-26-16)8-15(24)25-2/h9,13H,3-8,10H2,1-2H3,(H,18,19,23). The SMILES string of the molecule is COC(=O)Cc1csc(NC(=O)CSc2nnc(C)n2C2CCCCC2)n1. The number of thioether (sulfide) groups is 1. The third kappa shape index (κ3) is 5.29. The van der Waals surface area contributed by atoms with Crippen molar-refractivity contribution in [2.45, 2.75) is 56.6 Å². The molecule has 1 N–H and O–H groups in total. The molecule has 146 valence electrons. The van der Waals surface area contributed by atoms with Crippen LogP contribution in [0.15, 0.2) is 10.5 Å². The molecule has 2 aromatic heterocycles. The first-order valence-electron chi connectivity index (χ1n) is 8.92. The van der Waals surface area contributed by atoms with E-state index < -0.39 is 0 Å². The smallest absolute Gasteiger partial charge is 0.311 e. The molecule has 0 aromatic carbocycles. The zero-order valence-electron chi connectivity index (χ0n) is 15.4. The van der Waals surface area contributed by atoms with Crippen molar-refractivity contribution in [1.82, 2.24) is 19.7 Å². The molecule has 2 aromatic rings. The molecule has 27 heavy (non-hydrogen) atoms. The molecule has 1 aliphatic carbocycles. The van der Waals surface area contributed by atoms with Crippen LogP contribution in [-0.4, -0.2) is 44.5 Å². The summed E-state index contributed by atoms with van der Waals surface area (Å²) in [6.45, 7) is 1.96. The van der Waals surface area contributed by atoms with Gasteiger partial charge >= 0.3 is 5.97 Å². The van der Waals surface area contributed by atoms with Crippen LogP contribution in [0, 0.1) is 6.92 Å². The van der Waals surface area contributed by atoms with Crippen LogP contribution in [0.3, 0.4) is 0 Å². The van der Waals surface area contributed by atoms with Gasteiger partial charge in [-0.1, -0.05) is 31.0 Å². The Balaban J connectivity index is 1.54. The summed E-state index contributed by atoms with van der Waals surface area (Å²) in [6, 6.07) is 0.430. The quantitative estimate of drug-likeness (QED) is 0.554. The Labute approximate surface area is 166 Å². The first-order chi connectivity index (χ1) is 13.1. The summed E-state index contributed by atoms with van der Waals surface area (Å²) < 4.78 is 6.79. The number of thiazole rings is 1. The van der Waals surface area contributed by atoms with E-state index in [0.717, 1.165) is 23.8 Å². The van der Waals surface area contributed by atoms with E-state index in [0.29, 0.717) is 16.9 Å². The lowest BCUT2D eigenvalue weighted by atomic mass is 9.95. The van der Waals surface area contributed by atoms with E-state index in [4.69, 9.17) is 0 Å². The van der Waals surface area contributed by atoms with E-state index in [1.807, 2.05) is 6.92 Å². The molecule has 10 heteroatoms. The fourth-order valence-electron chi connectivity index (χ4n) is 3.16. The van der Waals surface area contributed by atoms with Crippen molar-refractivity contribution in [2.24, 2.45) is 0 Å². The lowest BCUT2D eigenvalue weighted by Gasteiger charge is -2.24. The zero-order chi connectivity index (χ0) is 19.2. The minimum absolute atomic E-state index is 0.0986. The van der Waals surface area contributed by atoms with Crippen molar-refractivity contribution < 1.29 is 14.3 Å². The summed E-state index contributed by atoms with van der Waals surface area (Å²) in [6.07, 6.45) is 6.12. The molecule has 0 bridgehead atoms. The fourth-order valence-corrected chi connectivity index (χ4v) is 4.74. The summed E-state index contributed by atoms with van der Waals surface area (Å²) in [5.74, 6) is 0.620. The van der Waals surface area contributed by atoms with Crippen LogP contribution in [0.2, 0.25) is 0 Å². The second-order valence-electron chi connectivity index (χ2n) is 6.43. The minimum atomic E-state index is -0.355. The number of amides is 1. The van der Waals surface area contributed by atoms with E-state index in [1.165, 1.54) is 49.5 Å². The number of carbonyl (C=O) groups is 2. The molecule has 1 fully saturated rings. The number of anilines is 1. The van der Waals surface area contributed by atoms with E-state index in [2.05, 4.69) is 29.8 Å². The van der Waals surface area contributed by atoms with Crippen LogP contribution in [0.1, 0.15) is 49.7 Å². The highest BCUT2D eigenvalue weighted by atomic mass is 32.2. The number of esters is 1. The molecule has 0 saturated heterocycles. The van der Waals surface area contributed by atoms with Crippen LogP contribution in [-0.2, 0) is 20.7 Å². The van der Waals surface area contributed by atoms with E-state index in [9.17, 15) is 9.59 Å². The zero-order valence-corrected chi connectivity index (χ0v) is 17.1. The van der Waals surface area contributed by atoms with Gasteiger partial charge in [0.15, 0.2) is 10.3 Å². The first-order valence-corrected chi connectivity index (χ1v) is 10.8. The topological polar surface area (TPSA) is 99.0 Å². The Morgan fingerprint density at radius 3 is 2.85 bits per heavy atom. The van der Waals surface area contributed by atoms with Gasteiger partial charge in [-0.15, -0.1) is 21.5 Å². The number of methoxy groups -OCH3 is 1. The predicted molar refractivity (Wildman–Crippen MR) is 104 cm³/mol. The maximum atomic E-state index is 12.3. The first kappa shape index (κ1) is 19.8. The second-order valence-corrected chi connectivity index (χ2v) is 8.23. The molecular formula is C17H23N5O3S2. The van der Waals surface area contributed by atoms with Gasteiger partial charge in [-0.05, 0) is 19.8 Å². The molecule has 0 atom stereocenters. The van der Waals surface area contributed by atoms with Crippen molar-refractivity contribution in [3.05, 3.63) is 16.9 Å². The summed E-state index contributed by atoms with van der Waals surface area (Å²) in [4.78, 5) is 27.8. The molecule has 0 spiro atoms. The van der Waals surface area contributed by atoms with Gasteiger partial charge in [0.2, 0.25) is 5.91 Å². The van der Waals surface area contributed by atoms with Gasteiger partial charge in [0, 0.05) is 11.4 Å². The van der Waals surface area contributed by atoms with Crippen LogP contribution in [0.4, 0.5) is 5.13 Å². The lowest BCUT2D eigenvalue weighted by Crippen LogP contribution is -2.17. The van der Waals surface area contributed by atoms with E-state index in [-0.39, 0.29) is 24.1 Å². The Bertz CT molecular complexity index is 798. The number of rotatable bonds is 7. The average Bonchev–Trinajstić information content (AvgIpc) is 3.26. The molecule has 8 nitrogen and oxygen atoms in total. The predicted octanol–water partition coefficient (Wildman–Crippen LogP) is 2.99. The number of aromatic nitrogens is 4. The summed E-state index contributed by atoms with van der Waals surface area (Å²) in [5.41, 5.74) is 0.586. The Kier molecular flexibility index (Phi) is 6.84. The minimum Gasteiger partial charge on any atom is -0.469 e. The number of hydrogen-bond acceptors (Lipinski definition) is 8. The van der Waals surface area contributed by atoms with Crippen LogP contribution < -0.4 is 5.32 Å². The van der Waals surface area contributed by atoms with E-state index >= 15 is 0 Å². The molecule has 0 unspecified atom stereocenters. The maximum Gasteiger partial charge on any atom is 0.311 e. The van der Waals surface area contributed by atoms with Crippen LogP contribution in [0.25, 0.3) is 0 Å². The number of nitrogens with zero attached hydrogens (tertiary/aromatic N) is 4. The molecule has 1 aliphatic rings. The normalized spacial score (nSPS) is 14.9. The van der Waals surface area contributed by atoms with Gasteiger partial charge in [0.1, 0.15) is 5.82 Å². The molecular weight excluding hydrogens is 386 g/mol. The molecule has 3 rings (SSSR count). The van der Waals surface area contributed by atoms with Crippen molar-refractivity contribution in [3.8, 4) is 0 Å². The van der Waals surface area contributed by atoms with Crippen LogP contribution in [0.5, 0.6) is 0 Å². The highest BCUT2D eigenvalue weighted by molar-refractivity contribution is 7.99. The van der Waals surface area contributed by atoms with Crippen molar-refractivity contribution in [1.29, 1.82) is 0 Å². The fraction of sp³-hybridized carbons (Fsp3) is 0.588. The highest BCUT2D eigenvalue weighted by Crippen LogP contribution is 2.32. The van der Waals surface area contributed by atoms with Gasteiger partial charge in [-0.3, -0.25) is 9.59 Å². The lowest BCUT2D eigenvalue weighted by molar-refractivity contribution is -0.139. The third-order valence-corrected chi connectivity index (χ3v) is 6.21. The summed E-state index contributed by atoms with van der Waals surface area (Å²) >= 11 is 2.68. The Morgan fingerprint density at radius 2 is 2.11 bits per heavy atom. The molecule has 2 heterocycles. The van der Waals surface area contributed by atoms with Crippen molar-refractivity contribution in [2.75, 3.05) is 18.2 Å². The monoisotopic (exact) mass is 409 g/mol. The number of hydrogen-bond donors (Lipinski definition) is 1. The second kappa shape index (κ2) is 9.32. The highest BCUT2D eigenvalue weighted by Gasteiger charge is 2.22. The van der Waals surface area contributed by atoms with Crippen LogP contribution >= 0.6 is 23.1 Å². The van der Waals surface area contributed by atoms with E-state index in [1.54, 1.807) is 5.38 Å².